The first-order valence-electron chi connectivity index (χ1n) is 8.06. The molecule has 1 amide bonds. The number of H-pyrrole nitrogens is 1. The van der Waals surface area contributed by atoms with Gasteiger partial charge in [-0.2, -0.15) is 0 Å². The Morgan fingerprint density at radius 3 is 2.75 bits per heavy atom. The van der Waals surface area contributed by atoms with E-state index in [1.165, 1.54) is 6.39 Å². The molecule has 0 saturated carbocycles. The summed E-state index contributed by atoms with van der Waals surface area (Å²) in [4.78, 5) is 28.5. The van der Waals surface area contributed by atoms with Gasteiger partial charge in [0.1, 0.15) is 11.6 Å². The molecule has 1 saturated heterocycles. The summed E-state index contributed by atoms with van der Waals surface area (Å²) in [6.45, 7) is 5.54. The van der Waals surface area contributed by atoms with Crippen molar-refractivity contribution >= 4 is 16.9 Å². The van der Waals surface area contributed by atoms with Gasteiger partial charge in [-0.25, -0.2) is 9.97 Å². The fourth-order valence-electron chi connectivity index (χ4n) is 3.06. The van der Waals surface area contributed by atoms with Crippen molar-refractivity contribution in [2.45, 2.75) is 13.5 Å². The van der Waals surface area contributed by atoms with E-state index in [0.717, 1.165) is 36.5 Å². The molecular formula is C17H19N5O2. The SMILES string of the molecule is Cc1ocnc1C(=O)N1CCN(Cc2nc3ccccc3[nH]2)CC1. The number of nitrogens with one attached hydrogen (secondary N) is 1. The van der Waals surface area contributed by atoms with Gasteiger partial charge < -0.3 is 14.3 Å². The quantitative estimate of drug-likeness (QED) is 0.795. The maximum Gasteiger partial charge on any atom is 0.276 e. The van der Waals surface area contributed by atoms with Gasteiger partial charge in [-0.05, 0) is 19.1 Å². The topological polar surface area (TPSA) is 78.3 Å². The summed E-state index contributed by atoms with van der Waals surface area (Å²) in [6, 6.07) is 8.03. The smallest absolute Gasteiger partial charge is 0.276 e. The molecule has 7 heteroatoms. The van der Waals surface area contributed by atoms with E-state index < -0.39 is 0 Å². The van der Waals surface area contributed by atoms with E-state index in [1.807, 2.05) is 29.2 Å². The predicted octanol–water partition coefficient (Wildman–Crippen LogP) is 1.82. The van der Waals surface area contributed by atoms with E-state index in [4.69, 9.17) is 4.42 Å². The van der Waals surface area contributed by atoms with E-state index in [9.17, 15) is 4.79 Å². The minimum Gasteiger partial charge on any atom is -0.448 e. The Hall–Kier alpha value is -2.67. The molecule has 1 aliphatic rings. The predicted molar refractivity (Wildman–Crippen MR) is 88.5 cm³/mol. The van der Waals surface area contributed by atoms with Gasteiger partial charge >= 0.3 is 0 Å². The molecule has 0 atom stereocenters. The van der Waals surface area contributed by atoms with E-state index in [1.54, 1.807) is 6.92 Å². The summed E-state index contributed by atoms with van der Waals surface area (Å²) in [5.74, 6) is 1.48. The monoisotopic (exact) mass is 325 g/mol. The van der Waals surface area contributed by atoms with Gasteiger partial charge in [0, 0.05) is 26.2 Å². The Labute approximate surface area is 139 Å². The summed E-state index contributed by atoms with van der Waals surface area (Å²) in [6.07, 6.45) is 1.32. The number of oxazole rings is 1. The summed E-state index contributed by atoms with van der Waals surface area (Å²) in [5, 5.41) is 0. The highest BCUT2D eigenvalue weighted by atomic mass is 16.3. The zero-order valence-corrected chi connectivity index (χ0v) is 13.5. The van der Waals surface area contributed by atoms with Crippen LogP contribution in [0.2, 0.25) is 0 Å². The Bertz CT molecular complexity index is 828. The molecule has 1 aromatic carbocycles. The molecular weight excluding hydrogens is 306 g/mol. The lowest BCUT2D eigenvalue weighted by atomic mass is 10.2. The van der Waals surface area contributed by atoms with Crippen molar-refractivity contribution in [3.63, 3.8) is 0 Å². The average Bonchev–Trinajstić information content (AvgIpc) is 3.20. The number of hydrogen-bond donors (Lipinski definition) is 1. The normalized spacial score (nSPS) is 16.0. The maximum absolute atomic E-state index is 12.4. The molecule has 3 aromatic rings. The van der Waals surface area contributed by atoms with Crippen molar-refractivity contribution in [1.29, 1.82) is 0 Å². The zero-order valence-electron chi connectivity index (χ0n) is 13.5. The lowest BCUT2D eigenvalue weighted by Gasteiger charge is -2.33. The van der Waals surface area contributed by atoms with Crippen LogP contribution in [0.15, 0.2) is 35.1 Å². The van der Waals surface area contributed by atoms with Gasteiger partial charge in [0.15, 0.2) is 12.1 Å². The van der Waals surface area contributed by atoms with Crippen LogP contribution in [0.25, 0.3) is 11.0 Å². The van der Waals surface area contributed by atoms with Crippen molar-refractivity contribution in [3.8, 4) is 0 Å². The summed E-state index contributed by atoms with van der Waals surface area (Å²) < 4.78 is 5.12. The van der Waals surface area contributed by atoms with Crippen LogP contribution in [0.5, 0.6) is 0 Å². The van der Waals surface area contributed by atoms with Gasteiger partial charge in [0.05, 0.1) is 17.6 Å². The van der Waals surface area contributed by atoms with Crippen LogP contribution in [-0.2, 0) is 6.54 Å². The molecule has 3 heterocycles. The fourth-order valence-corrected chi connectivity index (χ4v) is 3.06. The number of carbonyl (C=O) groups excluding carboxylic acids is 1. The molecule has 4 rings (SSSR count). The summed E-state index contributed by atoms with van der Waals surface area (Å²) in [7, 11) is 0. The van der Waals surface area contributed by atoms with Gasteiger partial charge in [-0.15, -0.1) is 0 Å². The largest absolute Gasteiger partial charge is 0.448 e. The second kappa shape index (κ2) is 6.09. The number of aromatic amines is 1. The first-order valence-corrected chi connectivity index (χ1v) is 8.06. The molecule has 124 valence electrons. The van der Waals surface area contributed by atoms with Gasteiger partial charge in [-0.1, -0.05) is 12.1 Å². The van der Waals surface area contributed by atoms with Crippen LogP contribution in [0.3, 0.4) is 0 Å². The Morgan fingerprint density at radius 1 is 1.25 bits per heavy atom. The number of aromatic nitrogens is 3. The highest BCUT2D eigenvalue weighted by molar-refractivity contribution is 5.93. The highest BCUT2D eigenvalue weighted by Gasteiger charge is 2.25. The number of piperazine rings is 1. The van der Waals surface area contributed by atoms with Crippen LogP contribution in [0.4, 0.5) is 0 Å². The van der Waals surface area contributed by atoms with Crippen LogP contribution in [-0.4, -0.2) is 56.8 Å². The number of benzene rings is 1. The van der Waals surface area contributed by atoms with Crippen LogP contribution >= 0.6 is 0 Å². The van der Waals surface area contributed by atoms with Gasteiger partial charge in [0.25, 0.3) is 5.91 Å². The molecule has 1 N–H and O–H groups in total. The molecule has 0 spiro atoms. The second-order valence-electron chi connectivity index (χ2n) is 6.03. The van der Waals surface area contributed by atoms with Gasteiger partial charge in [-0.3, -0.25) is 9.69 Å². The van der Waals surface area contributed by atoms with E-state index in [2.05, 4.69) is 19.9 Å². The Kier molecular flexibility index (Phi) is 3.78. The third-order valence-corrected chi connectivity index (χ3v) is 4.42. The minimum atomic E-state index is -0.0513. The molecule has 1 fully saturated rings. The Balaban J connectivity index is 1.37. The maximum atomic E-state index is 12.4. The van der Waals surface area contributed by atoms with Crippen molar-refractivity contribution in [2.24, 2.45) is 0 Å². The number of para-hydroxylation sites is 2. The van der Waals surface area contributed by atoms with E-state index in [-0.39, 0.29) is 5.91 Å². The molecule has 0 radical (unpaired) electrons. The lowest BCUT2D eigenvalue weighted by Crippen LogP contribution is -2.48. The first kappa shape index (κ1) is 14.9. The van der Waals surface area contributed by atoms with Crippen LogP contribution in [0.1, 0.15) is 22.1 Å². The first-order chi connectivity index (χ1) is 11.7. The third-order valence-electron chi connectivity index (χ3n) is 4.42. The van der Waals surface area contributed by atoms with Crippen LogP contribution in [0, 0.1) is 6.92 Å². The third kappa shape index (κ3) is 2.78. The summed E-state index contributed by atoms with van der Waals surface area (Å²) >= 11 is 0. The number of aryl methyl sites for hydroxylation is 1. The van der Waals surface area contributed by atoms with Crippen molar-refractivity contribution in [3.05, 3.63) is 47.9 Å². The second-order valence-corrected chi connectivity index (χ2v) is 6.03. The number of imidazole rings is 1. The van der Waals surface area contributed by atoms with Crippen molar-refractivity contribution in [1.82, 2.24) is 24.8 Å². The number of fused-ring (bicyclic) bond motifs is 1. The molecule has 1 aliphatic heterocycles. The number of amides is 1. The fraction of sp³-hybridized carbons (Fsp3) is 0.353. The highest BCUT2D eigenvalue weighted by Crippen LogP contribution is 2.14. The molecule has 0 unspecified atom stereocenters. The molecule has 7 nitrogen and oxygen atoms in total. The minimum absolute atomic E-state index is 0.0513. The molecule has 2 aromatic heterocycles. The number of carbonyl (C=O) groups is 1. The van der Waals surface area contributed by atoms with Crippen molar-refractivity contribution < 1.29 is 9.21 Å². The zero-order chi connectivity index (χ0) is 16.5. The van der Waals surface area contributed by atoms with E-state index in [0.29, 0.717) is 24.5 Å². The van der Waals surface area contributed by atoms with Crippen molar-refractivity contribution in [2.75, 3.05) is 26.2 Å². The summed E-state index contributed by atoms with van der Waals surface area (Å²) in [5.41, 5.74) is 2.46. The Morgan fingerprint density at radius 2 is 2.04 bits per heavy atom. The van der Waals surface area contributed by atoms with E-state index >= 15 is 0 Å². The lowest BCUT2D eigenvalue weighted by molar-refractivity contribution is 0.0619. The molecule has 0 aliphatic carbocycles. The average molecular weight is 325 g/mol. The van der Waals surface area contributed by atoms with Crippen LogP contribution < -0.4 is 0 Å². The standard InChI is InChI=1S/C17H19N5O2/c1-12-16(18-11-24-12)17(23)22-8-6-21(7-9-22)10-15-19-13-4-2-3-5-14(13)20-15/h2-5,11H,6-10H2,1H3,(H,19,20). The number of hydrogen-bond acceptors (Lipinski definition) is 5. The number of nitrogens with zero attached hydrogens (tertiary/aromatic N) is 4. The molecule has 0 bridgehead atoms. The van der Waals surface area contributed by atoms with Gasteiger partial charge in [0.2, 0.25) is 0 Å². The molecule has 24 heavy (non-hydrogen) atoms. The number of rotatable bonds is 3.